The van der Waals surface area contributed by atoms with Crippen LogP contribution in [0.4, 0.5) is 4.39 Å². The zero-order chi connectivity index (χ0) is 13.4. The van der Waals surface area contributed by atoms with Crippen molar-refractivity contribution < 1.29 is 9.13 Å². The first-order valence-corrected chi connectivity index (χ1v) is 5.35. The zero-order valence-electron chi connectivity index (χ0n) is 9.95. The van der Waals surface area contributed by atoms with Crippen LogP contribution < -0.4 is 0 Å². The molecule has 0 N–H and O–H groups in total. The standard InChI is InChI=1S/C12H13FN4O/c1-18-12(11(8-13)16-17-15)10-4-2-9(3-5-10)6-7-14/h2-5,11-12H,6,8H2,1H3/t11-,12-/m1/s1. The van der Waals surface area contributed by atoms with Crippen molar-refractivity contribution in [3.8, 4) is 6.07 Å². The Balaban J connectivity index is 2.94. The molecule has 0 radical (unpaired) electrons. The Morgan fingerprint density at radius 1 is 1.50 bits per heavy atom. The summed E-state index contributed by atoms with van der Waals surface area (Å²) in [7, 11) is 1.43. The van der Waals surface area contributed by atoms with Crippen molar-refractivity contribution in [1.82, 2.24) is 0 Å². The first-order valence-electron chi connectivity index (χ1n) is 5.35. The summed E-state index contributed by atoms with van der Waals surface area (Å²) in [5.41, 5.74) is 9.96. The fourth-order valence-corrected chi connectivity index (χ4v) is 1.67. The predicted molar refractivity (Wildman–Crippen MR) is 64.4 cm³/mol. The van der Waals surface area contributed by atoms with Crippen molar-refractivity contribution in [1.29, 1.82) is 5.26 Å². The maximum atomic E-state index is 12.8. The summed E-state index contributed by atoms with van der Waals surface area (Å²) in [6, 6.07) is 8.20. The van der Waals surface area contributed by atoms with Gasteiger partial charge >= 0.3 is 0 Å². The second-order valence-electron chi connectivity index (χ2n) is 3.66. The fourth-order valence-electron chi connectivity index (χ4n) is 1.67. The van der Waals surface area contributed by atoms with E-state index in [4.69, 9.17) is 15.5 Å². The van der Waals surface area contributed by atoms with Gasteiger partial charge in [0.2, 0.25) is 0 Å². The highest BCUT2D eigenvalue weighted by Gasteiger charge is 2.21. The van der Waals surface area contributed by atoms with Gasteiger partial charge < -0.3 is 4.74 Å². The van der Waals surface area contributed by atoms with Gasteiger partial charge in [0.05, 0.1) is 24.6 Å². The number of benzene rings is 1. The summed E-state index contributed by atoms with van der Waals surface area (Å²) in [6.45, 7) is -0.789. The van der Waals surface area contributed by atoms with Crippen LogP contribution >= 0.6 is 0 Å². The van der Waals surface area contributed by atoms with Gasteiger partial charge in [0.15, 0.2) is 0 Å². The number of ether oxygens (including phenoxy) is 1. The topological polar surface area (TPSA) is 81.8 Å². The first kappa shape index (κ1) is 14.0. The lowest BCUT2D eigenvalue weighted by Gasteiger charge is -2.20. The van der Waals surface area contributed by atoms with E-state index in [2.05, 4.69) is 10.0 Å². The van der Waals surface area contributed by atoms with Crippen molar-refractivity contribution >= 4 is 0 Å². The van der Waals surface area contributed by atoms with Gasteiger partial charge in [-0.1, -0.05) is 29.4 Å². The molecule has 0 saturated carbocycles. The molecule has 0 amide bonds. The lowest BCUT2D eigenvalue weighted by atomic mass is 10.0. The molecular weight excluding hydrogens is 235 g/mol. The SMILES string of the molecule is CO[C@H](c1ccc(CC#N)cc1)[C@@H](CF)N=[N+]=[N-]. The van der Waals surface area contributed by atoms with Crippen LogP contribution in [-0.2, 0) is 11.2 Å². The minimum Gasteiger partial charge on any atom is -0.376 e. The van der Waals surface area contributed by atoms with Gasteiger partial charge in [-0.25, -0.2) is 0 Å². The molecule has 0 bridgehead atoms. The number of methoxy groups -OCH3 is 1. The van der Waals surface area contributed by atoms with Gasteiger partial charge in [-0.05, 0) is 16.7 Å². The number of nitrogens with zero attached hydrogens (tertiary/aromatic N) is 4. The molecule has 0 aliphatic carbocycles. The summed E-state index contributed by atoms with van der Waals surface area (Å²) in [5.74, 6) is 0. The van der Waals surface area contributed by atoms with Crippen molar-refractivity contribution in [2.24, 2.45) is 5.11 Å². The highest BCUT2D eigenvalue weighted by atomic mass is 19.1. The number of alkyl halides is 1. The molecule has 5 nitrogen and oxygen atoms in total. The van der Waals surface area contributed by atoms with E-state index in [1.807, 2.05) is 6.07 Å². The molecule has 6 heteroatoms. The fraction of sp³-hybridized carbons (Fsp3) is 0.417. The molecule has 1 aromatic carbocycles. The zero-order valence-corrected chi connectivity index (χ0v) is 9.95. The first-order chi connectivity index (χ1) is 8.76. The maximum Gasteiger partial charge on any atom is 0.101 e. The Labute approximate surface area is 104 Å². The Hall–Kier alpha value is -2.09. The van der Waals surface area contributed by atoms with Crippen molar-refractivity contribution in [2.75, 3.05) is 13.8 Å². The minimum absolute atomic E-state index is 0.320. The van der Waals surface area contributed by atoms with Crippen LogP contribution in [0.5, 0.6) is 0 Å². The highest BCUT2D eigenvalue weighted by Crippen LogP contribution is 2.24. The van der Waals surface area contributed by atoms with Gasteiger partial charge in [0, 0.05) is 12.0 Å². The van der Waals surface area contributed by atoms with E-state index in [1.54, 1.807) is 24.3 Å². The largest absolute Gasteiger partial charge is 0.376 e. The molecule has 18 heavy (non-hydrogen) atoms. The Kier molecular flexibility index (Phi) is 5.65. The van der Waals surface area contributed by atoms with Gasteiger partial charge in [-0.3, -0.25) is 4.39 Å². The van der Waals surface area contributed by atoms with Gasteiger partial charge in [-0.15, -0.1) is 0 Å². The molecule has 0 saturated heterocycles. The number of azide groups is 1. The van der Waals surface area contributed by atoms with E-state index in [0.717, 1.165) is 5.56 Å². The van der Waals surface area contributed by atoms with Crippen LogP contribution in [0.1, 0.15) is 17.2 Å². The molecule has 0 spiro atoms. The molecular formula is C12H13FN4O. The van der Waals surface area contributed by atoms with E-state index >= 15 is 0 Å². The van der Waals surface area contributed by atoms with Crippen molar-refractivity contribution in [3.05, 3.63) is 45.8 Å². The van der Waals surface area contributed by atoms with E-state index < -0.39 is 18.8 Å². The summed E-state index contributed by atoms with van der Waals surface area (Å²) < 4.78 is 18.0. The van der Waals surface area contributed by atoms with E-state index in [-0.39, 0.29) is 0 Å². The quantitative estimate of drug-likeness (QED) is 0.440. The third-order valence-corrected chi connectivity index (χ3v) is 2.55. The summed E-state index contributed by atoms with van der Waals surface area (Å²) in [5, 5.41) is 11.9. The molecule has 0 aliphatic rings. The molecule has 2 atom stereocenters. The van der Waals surface area contributed by atoms with Crippen LogP contribution in [0.15, 0.2) is 29.4 Å². The highest BCUT2D eigenvalue weighted by molar-refractivity contribution is 5.27. The summed E-state index contributed by atoms with van der Waals surface area (Å²) >= 11 is 0. The molecule has 94 valence electrons. The number of nitriles is 1. The number of hydrogen-bond acceptors (Lipinski definition) is 3. The van der Waals surface area contributed by atoms with Gasteiger partial charge in [0.1, 0.15) is 6.67 Å². The maximum absolute atomic E-state index is 12.8. The summed E-state index contributed by atoms with van der Waals surface area (Å²) in [4.78, 5) is 2.61. The summed E-state index contributed by atoms with van der Waals surface area (Å²) in [6.07, 6.45) is -0.303. The molecule has 0 unspecified atom stereocenters. The van der Waals surface area contributed by atoms with Crippen molar-refractivity contribution in [3.63, 3.8) is 0 Å². The van der Waals surface area contributed by atoms with Crippen LogP contribution in [-0.4, -0.2) is 19.8 Å². The Morgan fingerprint density at radius 2 is 2.17 bits per heavy atom. The van der Waals surface area contributed by atoms with Crippen molar-refractivity contribution in [2.45, 2.75) is 18.6 Å². The van der Waals surface area contributed by atoms with Crippen LogP contribution in [0, 0.1) is 11.3 Å². The van der Waals surface area contributed by atoms with Crippen LogP contribution in [0.2, 0.25) is 0 Å². The van der Waals surface area contributed by atoms with E-state index in [1.165, 1.54) is 7.11 Å². The van der Waals surface area contributed by atoms with Gasteiger partial charge in [-0.2, -0.15) is 5.26 Å². The lowest BCUT2D eigenvalue weighted by Crippen LogP contribution is -2.20. The molecule has 1 rings (SSSR count). The molecule has 1 aromatic rings. The smallest absolute Gasteiger partial charge is 0.101 e. The molecule has 0 fully saturated rings. The molecule has 0 aliphatic heterocycles. The van der Waals surface area contributed by atoms with E-state index in [0.29, 0.717) is 12.0 Å². The number of hydrogen-bond donors (Lipinski definition) is 0. The third-order valence-electron chi connectivity index (χ3n) is 2.55. The normalized spacial score (nSPS) is 13.2. The van der Waals surface area contributed by atoms with Gasteiger partial charge in [0.25, 0.3) is 0 Å². The minimum atomic E-state index is -0.887. The second kappa shape index (κ2) is 7.28. The third kappa shape index (κ3) is 3.45. The van der Waals surface area contributed by atoms with Crippen LogP contribution in [0.25, 0.3) is 10.4 Å². The predicted octanol–water partition coefficient (Wildman–Crippen LogP) is 3.09. The number of halogens is 1. The second-order valence-corrected chi connectivity index (χ2v) is 3.66. The number of rotatable bonds is 6. The Morgan fingerprint density at radius 3 is 2.61 bits per heavy atom. The average Bonchev–Trinajstić information content (AvgIpc) is 2.40. The lowest BCUT2D eigenvalue weighted by molar-refractivity contribution is 0.0722. The van der Waals surface area contributed by atoms with E-state index in [9.17, 15) is 4.39 Å². The average molecular weight is 248 g/mol. The van der Waals surface area contributed by atoms with Crippen LogP contribution in [0.3, 0.4) is 0 Å². The monoisotopic (exact) mass is 248 g/mol. The Bertz CT molecular complexity index is 462. The molecule has 0 aromatic heterocycles. The molecule has 0 heterocycles.